The molecule has 0 radical (unpaired) electrons. The van der Waals surface area contributed by atoms with Gasteiger partial charge in [0, 0.05) is 36.7 Å². The lowest BCUT2D eigenvalue weighted by Crippen LogP contribution is -2.38. The lowest BCUT2D eigenvalue weighted by molar-refractivity contribution is 0.261. The van der Waals surface area contributed by atoms with E-state index in [1.807, 2.05) is 51.5 Å². The fraction of sp³-hybridized carbons (Fsp3) is 0.375. The number of aromatic nitrogens is 1. The molecule has 0 bridgehead atoms. The van der Waals surface area contributed by atoms with Gasteiger partial charge in [-0.3, -0.25) is 0 Å². The highest BCUT2D eigenvalue weighted by Crippen LogP contribution is 2.19. The number of fused-ring (bicyclic) bond motifs is 1. The maximum absolute atomic E-state index is 13.6. The molecule has 3 rings (SSSR count). The van der Waals surface area contributed by atoms with Crippen molar-refractivity contribution in [3.63, 3.8) is 0 Å². The summed E-state index contributed by atoms with van der Waals surface area (Å²) in [6, 6.07) is 12.9. The monoisotopic (exact) mass is 425 g/mol. The second-order valence-corrected chi connectivity index (χ2v) is 7.67. The molecule has 166 valence electrons. The first kappa shape index (κ1) is 22.6. The Morgan fingerprint density at radius 1 is 1.16 bits per heavy atom. The zero-order valence-corrected chi connectivity index (χ0v) is 18.5. The van der Waals surface area contributed by atoms with Crippen molar-refractivity contribution in [2.24, 2.45) is 4.99 Å². The number of nitrogens with one attached hydrogen (secondary N) is 3. The van der Waals surface area contributed by atoms with Gasteiger partial charge in [-0.15, -0.1) is 0 Å². The number of benzene rings is 2. The number of H-pyrrole nitrogens is 1. The summed E-state index contributed by atoms with van der Waals surface area (Å²) < 4.78 is 19.4. The molecule has 0 spiro atoms. The summed E-state index contributed by atoms with van der Waals surface area (Å²) in [7, 11) is 4.06. The molecular weight excluding hydrogens is 393 g/mol. The molecule has 3 N–H and O–H groups in total. The van der Waals surface area contributed by atoms with Crippen LogP contribution in [0.1, 0.15) is 18.1 Å². The van der Waals surface area contributed by atoms with Gasteiger partial charge in [-0.1, -0.05) is 12.1 Å². The summed E-state index contributed by atoms with van der Waals surface area (Å²) in [6.07, 6.45) is 2.71. The van der Waals surface area contributed by atoms with Crippen LogP contribution in [0.4, 0.5) is 4.39 Å². The number of aromatic amines is 1. The van der Waals surface area contributed by atoms with Gasteiger partial charge in [0.05, 0.1) is 6.54 Å². The summed E-state index contributed by atoms with van der Waals surface area (Å²) in [4.78, 5) is 9.98. The van der Waals surface area contributed by atoms with Crippen molar-refractivity contribution in [3.05, 3.63) is 65.6 Å². The van der Waals surface area contributed by atoms with E-state index in [0.29, 0.717) is 19.7 Å². The fourth-order valence-corrected chi connectivity index (χ4v) is 3.26. The number of guanidine groups is 1. The van der Waals surface area contributed by atoms with Crippen LogP contribution in [0.15, 0.2) is 53.7 Å². The average Bonchev–Trinajstić information content (AvgIpc) is 3.14. The average molecular weight is 426 g/mol. The van der Waals surface area contributed by atoms with Crippen LogP contribution < -0.4 is 15.4 Å². The SMILES string of the molecule is CCNC(=NCc1cccc(OCCN(C)C)c1)NCCc1c[nH]c2ccc(F)cc12. The minimum absolute atomic E-state index is 0.218. The number of hydrogen-bond acceptors (Lipinski definition) is 3. The van der Waals surface area contributed by atoms with Gasteiger partial charge < -0.3 is 25.3 Å². The smallest absolute Gasteiger partial charge is 0.191 e. The van der Waals surface area contributed by atoms with Crippen LogP contribution in [0.25, 0.3) is 10.9 Å². The highest BCUT2D eigenvalue weighted by atomic mass is 19.1. The van der Waals surface area contributed by atoms with Crippen LogP contribution in [0.3, 0.4) is 0 Å². The van der Waals surface area contributed by atoms with Gasteiger partial charge in [0.2, 0.25) is 0 Å². The fourth-order valence-electron chi connectivity index (χ4n) is 3.26. The minimum atomic E-state index is -0.218. The molecular formula is C24H32FN5O. The molecule has 0 unspecified atom stereocenters. The van der Waals surface area contributed by atoms with Crippen LogP contribution in [0.5, 0.6) is 5.75 Å². The van der Waals surface area contributed by atoms with E-state index < -0.39 is 0 Å². The molecule has 0 atom stereocenters. The van der Waals surface area contributed by atoms with Crippen molar-refractivity contribution >= 4 is 16.9 Å². The first-order valence-electron chi connectivity index (χ1n) is 10.7. The third-order valence-electron chi connectivity index (χ3n) is 4.89. The van der Waals surface area contributed by atoms with Crippen molar-refractivity contribution in [1.29, 1.82) is 0 Å². The molecule has 7 heteroatoms. The first-order valence-corrected chi connectivity index (χ1v) is 10.7. The summed E-state index contributed by atoms with van der Waals surface area (Å²) in [5.74, 6) is 1.40. The van der Waals surface area contributed by atoms with Crippen molar-refractivity contribution in [3.8, 4) is 5.75 Å². The molecule has 0 saturated heterocycles. The van der Waals surface area contributed by atoms with Gasteiger partial charge >= 0.3 is 0 Å². The summed E-state index contributed by atoms with van der Waals surface area (Å²) in [6.45, 7) is 5.60. The Morgan fingerprint density at radius 2 is 2.03 bits per heavy atom. The Labute approximate surface area is 183 Å². The van der Waals surface area contributed by atoms with Gasteiger partial charge in [-0.25, -0.2) is 9.38 Å². The van der Waals surface area contributed by atoms with Crippen molar-refractivity contribution in [2.75, 3.05) is 40.3 Å². The van der Waals surface area contributed by atoms with E-state index in [0.717, 1.165) is 53.2 Å². The highest BCUT2D eigenvalue weighted by Gasteiger charge is 2.06. The van der Waals surface area contributed by atoms with E-state index in [1.54, 1.807) is 12.1 Å². The summed E-state index contributed by atoms with van der Waals surface area (Å²) in [5.41, 5.74) is 3.12. The van der Waals surface area contributed by atoms with Crippen LogP contribution >= 0.6 is 0 Å². The van der Waals surface area contributed by atoms with E-state index in [-0.39, 0.29) is 5.82 Å². The molecule has 0 aliphatic rings. The second-order valence-electron chi connectivity index (χ2n) is 7.67. The van der Waals surface area contributed by atoms with Crippen molar-refractivity contribution in [2.45, 2.75) is 19.9 Å². The molecule has 0 amide bonds. The molecule has 1 heterocycles. The van der Waals surface area contributed by atoms with Crippen LogP contribution in [0, 0.1) is 5.82 Å². The summed E-state index contributed by atoms with van der Waals surface area (Å²) in [5, 5.41) is 7.57. The van der Waals surface area contributed by atoms with E-state index in [9.17, 15) is 4.39 Å². The summed E-state index contributed by atoms with van der Waals surface area (Å²) >= 11 is 0. The third kappa shape index (κ3) is 7.00. The van der Waals surface area contributed by atoms with Gasteiger partial charge in [0.25, 0.3) is 0 Å². The molecule has 6 nitrogen and oxygen atoms in total. The Morgan fingerprint density at radius 3 is 2.84 bits per heavy atom. The molecule has 3 aromatic rings. The minimum Gasteiger partial charge on any atom is -0.492 e. The topological polar surface area (TPSA) is 64.7 Å². The Balaban J connectivity index is 1.55. The molecule has 0 aliphatic heterocycles. The molecule has 0 saturated carbocycles. The van der Waals surface area contributed by atoms with Crippen molar-refractivity contribution < 1.29 is 9.13 Å². The van der Waals surface area contributed by atoms with Crippen LogP contribution in [-0.2, 0) is 13.0 Å². The lowest BCUT2D eigenvalue weighted by atomic mass is 10.1. The maximum atomic E-state index is 13.6. The van der Waals surface area contributed by atoms with Gasteiger partial charge in [0.15, 0.2) is 5.96 Å². The van der Waals surface area contributed by atoms with Crippen molar-refractivity contribution in [1.82, 2.24) is 20.5 Å². The van der Waals surface area contributed by atoms with Crippen LogP contribution in [-0.4, -0.2) is 56.2 Å². The number of rotatable bonds is 10. The molecule has 1 aromatic heterocycles. The number of hydrogen-bond donors (Lipinski definition) is 3. The number of ether oxygens (including phenoxy) is 1. The van der Waals surface area contributed by atoms with E-state index >= 15 is 0 Å². The second kappa shape index (κ2) is 11.4. The lowest BCUT2D eigenvalue weighted by Gasteiger charge is -2.12. The number of aliphatic imine (C=N–C) groups is 1. The van der Waals surface area contributed by atoms with E-state index in [1.165, 1.54) is 6.07 Å². The van der Waals surface area contributed by atoms with Crippen LogP contribution in [0.2, 0.25) is 0 Å². The largest absolute Gasteiger partial charge is 0.492 e. The van der Waals surface area contributed by atoms with Gasteiger partial charge in [0.1, 0.15) is 18.2 Å². The number of likely N-dealkylation sites (N-methyl/N-ethyl adjacent to an activating group) is 1. The predicted octanol–water partition coefficient (Wildman–Crippen LogP) is 3.55. The van der Waals surface area contributed by atoms with E-state index in [4.69, 9.17) is 9.73 Å². The van der Waals surface area contributed by atoms with Gasteiger partial charge in [-0.05, 0) is 68.9 Å². The zero-order chi connectivity index (χ0) is 22.1. The zero-order valence-electron chi connectivity index (χ0n) is 18.5. The first-order chi connectivity index (χ1) is 15.0. The molecule has 0 aliphatic carbocycles. The number of nitrogens with zero attached hydrogens (tertiary/aromatic N) is 2. The Kier molecular flexibility index (Phi) is 8.29. The standard InChI is InChI=1S/C24H32FN5O/c1-4-26-24(27-11-10-19-17-28-23-9-8-20(25)15-22(19)23)29-16-18-6-5-7-21(14-18)31-13-12-30(2)3/h5-9,14-15,17,28H,4,10-13,16H2,1-3H3,(H2,26,27,29). The molecule has 0 fully saturated rings. The number of halogens is 1. The van der Waals surface area contributed by atoms with E-state index in [2.05, 4.69) is 20.5 Å². The quantitative estimate of drug-likeness (QED) is 0.343. The third-order valence-corrected chi connectivity index (χ3v) is 4.89. The normalized spacial score (nSPS) is 11.8. The Hall–Kier alpha value is -3.06. The molecule has 31 heavy (non-hydrogen) atoms. The molecule has 2 aromatic carbocycles. The predicted molar refractivity (Wildman–Crippen MR) is 125 cm³/mol. The maximum Gasteiger partial charge on any atom is 0.191 e. The van der Waals surface area contributed by atoms with Gasteiger partial charge in [-0.2, -0.15) is 0 Å². The highest BCUT2D eigenvalue weighted by molar-refractivity contribution is 5.83. The Bertz CT molecular complexity index is 999.